The summed E-state index contributed by atoms with van der Waals surface area (Å²) in [6, 6.07) is 0. The van der Waals surface area contributed by atoms with Crippen LogP contribution in [0.1, 0.15) is 11.3 Å². The molecular weight excluding hydrogens is 198 g/mol. The molecule has 3 nitrogen and oxygen atoms in total. The van der Waals surface area contributed by atoms with Gasteiger partial charge >= 0.3 is 0 Å². The third-order valence-corrected chi connectivity index (χ3v) is 2.77. The maximum absolute atomic E-state index is 5.98. The van der Waals surface area contributed by atoms with Crippen LogP contribution in [0.2, 0.25) is 5.15 Å². The summed E-state index contributed by atoms with van der Waals surface area (Å²) in [6.07, 6.45) is 3.46. The Kier molecular flexibility index (Phi) is 2.04. The lowest BCUT2D eigenvalue weighted by atomic mass is 10.2. The number of hydrogen-bond donors (Lipinski definition) is 0. The van der Waals surface area contributed by atoms with Gasteiger partial charge in [-0.15, -0.1) is 5.10 Å². The first-order chi connectivity index (χ1) is 6.66. The Morgan fingerprint density at radius 3 is 2.86 bits per heavy atom. The molecule has 0 aliphatic rings. The van der Waals surface area contributed by atoms with Crippen molar-refractivity contribution in [3.63, 3.8) is 0 Å². The molecule has 0 spiro atoms. The zero-order valence-corrected chi connectivity index (χ0v) is 8.84. The first-order valence-corrected chi connectivity index (χ1v) is 4.65. The molecule has 0 aliphatic carbocycles. The molecule has 0 saturated heterocycles. The Hall–Kier alpha value is -1.35. The fourth-order valence-electron chi connectivity index (χ4n) is 1.63. The molecule has 0 aromatic carbocycles. The topological polar surface area (TPSA) is 30.7 Å². The molecule has 2 heterocycles. The van der Waals surface area contributed by atoms with Crippen molar-refractivity contribution in [3.8, 4) is 0 Å². The van der Waals surface area contributed by atoms with Gasteiger partial charge < -0.3 is 4.57 Å². The van der Waals surface area contributed by atoms with Crippen molar-refractivity contribution in [2.45, 2.75) is 13.8 Å². The molecule has 0 radical (unpaired) electrons. The summed E-state index contributed by atoms with van der Waals surface area (Å²) in [5.41, 5.74) is 3.16. The summed E-state index contributed by atoms with van der Waals surface area (Å²) >= 11 is 5.98. The third kappa shape index (κ3) is 1.06. The monoisotopic (exact) mass is 207 g/mol. The second kappa shape index (κ2) is 3.10. The van der Waals surface area contributed by atoms with Crippen LogP contribution in [-0.2, 0) is 0 Å². The van der Waals surface area contributed by atoms with E-state index >= 15 is 0 Å². The molecule has 2 rings (SSSR count). The minimum Gasteiger partial charge on any atom is -0.318 e. The number of hydrogen-bond acceptors (Lipinski definition) is 2. The van der Waals surface area contributed by atoms with Gasteiger partial charge in [0.05, 0.1) is 11.7 Å². The van der Waals surface area contributed by atoms with Gasteiger partial charge in [0.25, 0.3) is 0 Å². The standard InChI is InChI=1S/C10H10ClN3/c1-4-14-7(3)6(2)8-5-12-13-10(11)9(8)14/h4-5H,1H2,2-3H3. The van der Waals surface area contributed by atoms with Crippen molar-refractivity contribution in [3.05, 3.63) is 29.2 Å². The second-order valence-electron chi connectivity index (χ2n) is 3.16. The molecule has 0 atom stereocenters. The Bertz CT molecular complexity index is 514. The fraction of sp³-hybridized carbons (Fsp3) is 0.200. The number of aromatic nitrogens is 3. The summed E-state index contributed by atoms with van der Waals surface area (Å²) in [5, 5.41) is 9.09. The quantitative estimate of drug-likeness (QED) is 0.720. The second-order valence-corrected chi connectivity index (χ2v) is 3.52. The van der Waals surface area contributed by atoms with E-state index < -0.39 is 0 Å². The highest BCUT2D eigenvalue weighted by molar-refractivity contribution is 6.34. The molecule has 0 N–H and O–H groups in total. The van der Waals surface area contributed by atoms with Crippen molar-refractivity contribution in [2.24, 2.45) is 0 Å². The molecule has 14 heavy (non-hydrogen) atoms. The number of fused-ring (bicyclic) bond motifs is 1. The average molecular weight is 208 g/mol. The predicted molar refractivity (Wildman–Crippen MR) is 58.4 cm³/mol. The SMILES string of the molecule is C=Cn1c(C)c(C)c2cnnc(Cl)c21. The Morgan fingerprint density at radius 2 is 2.21 bits per heavy atom. The number of halogens is 1. The van der Waals surface area contributed by atoms with Gasteiger partial charge in [-0.05, 0) is 19.4 Å². The third-order valence-electron chi connectivity index (χ3n) is 2.51. The molecule has 0 bridgehead atoms. The minimum absolute atomic E-state index is 0.415. The molecule has 2 aromatic rings. The van der Waals surface area contributed by atoms with Crippen molar-refractivity contribution < 1.29 is 0 Å². The molecular formula is C10H10ClN3. The molecule has 0 amide bonds. The van der Waals surface area contributed by atoms with Gasteiger partial charge in [0, 0.05) is 17.3 Å². The lowest BCUT2D eigenvalue weighted by Gasteiger charge is -1.99. The van der Waals surface area contributed by atoms with Crippen LogP contribution in [0.5, 0.6) is 0 Å². The Labute approximate surface area is 87.0 Å². The van der Waals surface area contributed by atoms with Gasteiger partial charge in [-0.25, -0.2) is 0 Å². The van der Waals surface area contributed by atoms with E-state index in [0.717, 1.165) is 22.2 Å². The van der Waals surface area contributed by atoms with E-state index in [1.165, 1.54) is 0 Å². The van der Waals surface area contributed by atoms with E-state index in [2.05, 4.69) is 16.8 Å². The van der Waals surface area contributed by atoms with E-state index in [4.69, 9.17) is 11.6 Å². The van der Waals surface area contributed by atoms with Crippen molar-refractivity contribution in [1.29, 1.82) is 0 Å². The minimum atomic E-state index is 0.415. The van der Waals surface area contributed by atoms with Crippen LogP contribution in [0, 0.1) is 13.8 Å². The van der Waals surface area contributed by atoms with Gasteiger partial charge in [-0.1, -0.05) is 18.2 Å². The lowest BCUT2D eigenvalue weighted by molar-refractivity contribution is 1.04. The molecule has 72 valence electrons. The summed E-state index contributed by atoms with van der Waals surface area (Å²) in [4.78, 5) is 0. The summed E-state index contributed by atoms with van der Waals surface area (Å²) in [7, 11) is 0. The molecule has 0 fully saturated rings. The summed E-state index contributed by atoms with van der Waals surface area (Å²) < 4.78 is 1.93. The van der Waals surface area contributed by atoms with E-state index in [-0.39, 0.29) is 0 Å². The van der Waals surface area contributed by atoms with Crippen LogP contribution in [0.4, 0.5) is 0 Å². The molecule has 0 aliphatic heterocycles. The lowest BCUT2D eigenvalue weighted by Crippen LogP contribution is -1.90. The van der Waals surface area contributed by atoms with Crippen LogP contribution in [0.25, 0.3) is 17.1 Å². The molecule has 0 saturated carbocycles. The Balaban J connectivity index is 3.03. The Morgan fingerprint density at radius 1 is 1.50 bits per heavy atom. The zero-order valence-electron chi connectivity index (χ0n) is 8.08. The largest absolute Gasteiger partial charge is 0.318 e. The fourth-order valence-corrected chi connectivity index (χ4v) is 1.87. The van der Waals surface area contributed by atoms with Gasteiger partial charge in [0.2, 0.25) is 0 Å². The van der Waals surface area contributed by atoms with E-state index in [1.807, 2.05) is 18.4 Å². The van der Waals surface area contributed by atoms with Crippen LogP contribution in [0.3, 0.4) is 0 Å². The number of aryl methyl sites for hydroxylation is 1. The van der Waals surface area contributed by atoms with Crippen LogP contribution >= 0.6 is 11.6 Å². The van der Waals surface area contributed by atoms with E-state index in [9.17, 15) is 0 Å². The molecule has 4 heteroatoms. The highest BCUT2D eigenvalue weighted by Gasteiger charge is 2.12. The average Bonchev–Trinajstić information content (AvgIpc) is 2.43. The molecule has 2 aromatic heterocycles. The van der Waals surface area contributed by atoms with Gasteiger partial charge in [-0.3, -0.25) is 0 Å². The molecule has 0 unspecified atom stereocenters. The van der Waals surface area contributed by atoms with Gasteiger partial charge in [0.15, 0.2) is 5.15 Å². The maximum Gasteiger partial charge on any atom is 0.176 e. The van der Waals surface area contributed by atoms with Crippen LogP contribution in [-0.4, -0.2) is 14.8 Å². The highest BCUT2D eigenvalue weighted by Crippen LogP contribution is 2.28. The smallest absolute Gasteiger partial charge is 0.176 e. The van der Waals surface area contributed by atoms with Crippen LogP contribution in [0.15, 0.2) is 12.8 Å². The first-order valence-electron chi connectivity index (χ1n) is 4.27. The summed E-state index contributed by atoms with van der Waals surface area (Å²) in [5.74, 6) is 0. The van der Waals surface area contributed by atoms with E-state index in [0.29, 0.717) is 5.15 Å². The predicted octanol–water partition coefficient (Wildman–Crippen LogP) is 2.80. The number of rotatable bonds is 1. The first kappa shape index (κ1) is 9.21. The number of nitrogens with zero attached hydrogens (tertiary/aromatic N) is 3. The maximum atomic E-state index is 5.98. The highest BCUT2D eigenvalue weighted by atomic mass is 35.5. The summed E-state index contributed by atoms with van der Waals surface area (Å²) in [6.45, 7) is 7.81. The normalized spacial score (nSPS) is 10.8. The van der Waals surface area contributed by atoms with Crippen LogP contribution < -0.4 is 0 Å². The van der Waals surface area contributed by atoms with Gasteiger partial charge in [0.1, 0.15) is 0 Å². The van der Waals surface area contributed by atoms with Crippen molar-refractivity contribution >= 4 is 28.7 Å². The van der Waals surface area contributed by atoms with E-state index in [1.54, 1.807) is 12.4 Å². The zero-order chi connectivity index (χ0) is 10.3. The van der Waals surface area contributed by atoms with Crippen molar-refractivity contribution in [1.82, 2.24) is 14.8 Å². The van der Waals surface area contributed by atoms with Gasteiger partial charge in [-0.2, -0.15) is 5.10 Å². The van der Waals surface area contributed by atoms with Crippen molar-refractivity contribution in [2.75, 3.05) is 0 Å².